The highest BCUT2D eigenvalue weighted by Crippen LogP contribution is 2.25. The van der Waals surface area contributed by atoms with Crippen LogP contribution in [0.2, 0.25) is 5.02 Å². The maximum atomic E-state index is 12.7. The maximum absolute atomic E-state index is 12.7. The second-order valence-corrected chi connectivity index (χ2v) is 5.39. The number of hydrogen-bond donors (Lipinski definition) is 0. The van der Waals surface area contributed by atoms with Crippen molar-refractivity contribution in [3.8, 4) is 5.75 Å². The summed E-state index contributed by atoms with van der Waals surface area (Å²) in [6, 6.07) is 5.37. The quantitative estimate of drug-likeness (QED) is 0.747. The van der Waals surface area contributed by atoms with Gasteiger partial charge in [0.2, 0.25) is 0 Å². The number of methoxy groups -OCH3 is 1. The molecule has 20 heavy (non-hydrogen) atoms. The molecule has 1 aromatic rings. The molecule has 112 valence electrons. The van der Waals surface area contributed by atoms with E-state index in [-0.39, 0.29) is 11.9 Å². The minimum atomic E-state index is 0.0151. The lowest BCUT2D eigenvalue weighted by Gasteiger charge is -2.29. The molecule has 0 spiro atoms. The molecule has 0 aromatic heterocycles. The summed E-state index contributed by atoms with van der Waals surface area (Å²) in [6.45, 7) is 7.07. The first-order valence-electron chi connectivity index (χ1n) is 7.19. The Morgan fingerprint density at radius 3 is 2.65 bits per heavy atom. The monoisotopic (exact) mass is 297 g/mol. The number of ether oxygens (including phenoxy) is 1. The van der Waals surface area contributed by atoms with E-state index in [0.717, 1.165) is 25.8 Å². The molecular formula is C16H24ClNO2. The molecule has 0 bridgehead atoms. The van der Waals surface area contributed by atoms with Gasteiger partial charge in [-0.25, -0.2) is 0 Å². The summed E-state index contributed by atoms with van der Waals surface area (Å²) in [5.74, 6) is 0.550. The van der Waals surface area contributed by atoms with E-state index in [0.29, 0.717) is 16.3 Å². The fourth-order valence-corrected chi connectivity index (χ4v) is 2.23. The Bertz CT molecular complexity index is 448. The van der Waals surface area contributed by atoms with Crippen LogP contribution in [0, 0.1) is 0 Å². The number of carbonyl (C=O) groups excluding carboxylic acids is 1. The lowest BCUT2D eigenvalue weighted by atomic mass is 10.1. The number of carbonyl (C=O) groups is 1. The van der Waals surface area contributed by atoms with Crippen LogP contribution in [0.15, 0.2) is 18.2 Å². The first kappa shape index (κ1) is 16.8. The molecular weight excluding hydrogens is 274 g/mol. The minimum Gasteiger partial charge on any atom is -0.496 e. The fraction of sp³-hybridized carbons (Fsp3) is 0.562. The summed E-state index contributed by atoms with van der Waals surface area (Å²) >= 11 is 5.95. The Morgan fingerprint density at radius 1 is 1.40 bits per heavy atom. The van der Waals surface area contributed by atoms with E-state index >= 15 is 0 Å². The fourth-order valence-electron chi connectivity index (χ4n) is 2.07. The van der Waals surface area contributed by atoms with Crippen LogP contribution < -0.4 is 4.74 Å². The predicted octanol–water partition coefficient (Wildman–Crippen LogP) is 4.39. The number of nitrogens with zero attached hydrogens (tertiary/aromatic N) is 1. The van der Waals surface area contributed by atoms with Gasteiger partial charge in [-0.3, -0.25) is 4.79 Å². The normalized spacial score (nSPS) is 12.1. The van der Waals surface area contributed by atoms with Crippen molar-refractivity contribution >= 4 is 17.5 Å². The number of amides is 1. The van der Waals surface area contributed by atoms with Gasteiger partial charge in [-0.1, -0.05) is 31.9 Å². The zero-order chi connectivity index (χ0) is 15.1. The molecule has 0 heterocycles. The zero-order valence-electron chi connectivity index (χ0n) is 12.8. The Morgan fingerprint density at radius 2 is 2.10 bits per heavy atom. The van der Waals surface area contributed by atoms with Gasteiger partial charge in [0, 0.05) is 17.6 Å². The van der Waals surface area contributed by atoms with Crippen molar-refractivity contribution in [1.82, 2.24) is 4.90 Å². The molecule has 0 N–H and O–H groups in total. The van der Waals surface area contributed by atoms with E-state index in [4.69, 9.17) is 16.3 Å². The van der Waals surface area contributed by atoms with Crippen molar-refractivity contribution in [2.45, 2.75) is 46.1 Å². The molecule has 0 aliphatic heterocycles. The van der Waals surface area contributed by atoms with E-state index in [1.54, 1.807) is 25.3 Å². The lowest BCUT2D eigenvalue weighted by Crippen LogP contribution is -2.39. The standard InChI is InChI=1S/C16H24ClNO2/c1-5-7-10-18(12(3)6-2)16(19)14-9-8-13(17)11-15(14)20-4/h8-9,11-12H,5-7,10H2,1-4H3. The number of rotatable bonds is 7. The third kappa shape index (κ3) is 4.14. The topological polar surface area (TPSA) is 29.5 Å². The summed E-state index contributed by atoms with van der Waals surface area (Å²) < 4.78 is 5.28. The minimum absolute atomic E-state index is 0.0151. The highest BCUT2D eigenvalue weighted by atomic mass is 35.5. The molecule has 1 unspecified atom stereocenters. The molecule has 4 heteroatoms. The maximum Gasteiger partial charge on any atom is 0.257 e. The van der Waals surface area contributed by atoms with Crippen LogP contribution in [0.4, 0.5) is 0 Å². The van der Waals surface area contributed by atoms with Crippen molar-refractivity contribution in [2.75, 3.05) is 13.7 Å². The second-order valence-electron chi connectivity index (χ2n) is 4.95. The molecule has 1 rings (SSSR count). The molecule has 1 amide bonds. The van der Waals surface area contributed by atoms with Crippen LogP contribution >= 0.6 is 11.6 Å². The van der Waals surface area contributed by atoms with E-state index < -0.39 is 0 Å². The first-order chi connectivity index (χ1) is 9.54. The van der Waals surface area contributed by atoms with Crippen molar-refractivity contribution in [3.63, 3.8) is 0 Å². The molecule has 0 fully saturated rings. The highest BCUT2D eigenvalue weighted by Gasteiger charge is 2.22. The second kappa shape index (κ2) is 8.15. The van der Waals surface area contributed by atoms with E-state index in [9.17, 15) is 4.79 Å². The van der Waals surface area contributed by atoms with Gasteiger partial charge < -0.3 is 9.64 Å². The Hall–Kier alpha value is -1.22. The summed E-state index contributed by atoms with van der Waals surface area (Å²) in [6.07, 6.45) is 3.01. The molecule has 0 saturated carbocycles. The van der Waals surface area contributed by atoms with Gasteiger partial charge in [0.15, 0.2) is 0 Å². The van der Waals surface area contributed by atoms with Gasteiger partial charge in [0.1, 0.15) is 5.75 Å². The van der Waals surface area contributed by atoms with Crippen molar-refractivity contribution in [3.05, 3.63) is 28.8 Å². The molecule has 0 saturated heterocycles. The summed E-state index contributed by atoms with van der Waals surface area (Å²) in [7, 11) is 1.56. The smallest absolute Gasteiger partial charge is 0.257 e. The van der Waals surface area contributed by atoms with Gasteiger partial charge in [-0.05, 0) is 38.0 Å². The number of benzene rings is 1. The van der Waals surface area contributed by atoms with E-state index in [2.05, 4.69) is 20.8 Å². The number of halogens is 1. The largest absolute Gasteiger partial charge is 0.496 e. The van der Waals surface area contributed by atoms with Crippen molar-refractivity contribution in [2.24, 2.45) is 0 Å². The van der Waals surface area contributed by atoms with Gasteiger partial charge in [0.25, 0.3) is 5.91 Å². The van der Waals surface area contributed by atoms with Crippen LogP contribution in [-0.2, 0) is 0 Å². The summed E-state index contributed by atoms with van der Waals surface area (Å²) in [5, 5.41) is 0.571. The van der Waals surface area contributed by atoms with Crippen molar-refractivity contribution in [1.29, 1.82) is 0 Å². The van der Waals surface area contributed by atoms with Crippen LogP contribution in [0.25, 0.3) is 0 Å². The molecule has 1 aromatic carbocycles. The van der Waals surface area contributed by atoms with Crippen LogP contribution in [0.3, 0.4) is 0 Å². The average Bonchev–Trinajstić information content (AvgIpc) is 2.46. The number of unbranched alkanes of at least 4 members (excludes halogenated alkanes) is 1. The van der Waals surface area contributed by atoms with Gasteiger partial charge in [-0.15, -0.1) is 0 Å². The summed E-state index contributed by atoms with van der Waals surface area (Å²) in [5.41, 5.74) is 0.577. The zero-order valence-corrected chi connectivity index (χ0v) is 13.5. The van der Waals surface area contributed by atoms with Crippen LogP contribution in [0.1, 0.15) is 50.4 Å². The van der Waals surface area contributed by atoms with Crippen LogP contribution in [0.5, 0.6) is 5.75 Å². The Balaban J connectivity index is 3.04. The molecule has 0 aliphatic carbocycles. The Labute approximate surface area is 126 Å². The predicted molar refractivity (Wildman–Crippen MR) is 83.7 cm³/mol. The van der Waals surface area contributed by atoms with Gasteiger partial charge in [-0.2, -0.15) is 0 Å². The summed E-state index contributed by atoms with van der Waals surface area (Å²) in [4.78, 5) is 14.7. The highest BCUT2D eigenvalue weighted by molar-refractivity contribution is 6.30. The van der Waals surface area contributed by atoms with E-state index in [1.807, 2.05) is 4.90 Å². The van der Waals surface area contributed by atoms with Gasteiger partial charge in [0.05, 0.1) is 12.7 Å². The van der Waals surface area contributed by atoms with Crippen LogP contribution in [-0.4, -0.2) is 30.5 Å². The average molecular weight is 298 g/mol. The van der Waals surface area contributed by atoms with Crippen molar-refractivity contribution < 1.29 is 9.53 Å². The number of hydrogen-bond acceptors (Lipinski definition) is 2. The van der Waals surface area contributed by atoms with E-state index in [1.165, 1.54) is 0 Å². The molecule has 0 radical (unpaired) electrons. The molecule has 3 nitrogen and oxygen atoms in total. The SMILES string of the molecule is CCCCN(C(=O)c1ccc(Cl)cc1OC)C(C)CC. The molecule has 0 aliphatic rings. The third-order valence-electron chi connectivity index (χ3n) is 3.53. The van der Waals surface area contributed by atoms with Gasteiger partial charge >= 0.3 is 0 Å². The third-order valence-corrected chi connectivity index (χ3v) is 3.77. The molecule has 1 atom stereocenters. The first-order valence-corrected chi connectivity index (χ1v) is 7.57. The lowest BCUT2D eigenvalue weighted by molar-refractivity contribution is 0.0682. The Kier molecular flexibility index (Phi) is 6.86.